The Hall–Kier alpha value is -1.58. The van der Waals surface area contributed by atoms with Gasteiger partial charge in [-0.2, -0.15) is 4.98 Å². The predicted molar refractivity (Wildman–Crippen MR) is 94.3 cm³/mol. The summed E-state index contributed by atoms with van der Waals surface area (Å²) in [6, 6.07) is 5.11. The summed E-state index contributed by atoms with van der Waals surface area (Å²) in [5.41, 5.74) is 0.854. The normalized spacial score (nSPS) is 11.2. The molecule has 2 aromatic rings. The maximum absolute atomic E-state index is 11.9. The number of hydrogen-bond acceptors (Lipinski definition) is 6. The van der Waals surface area contributed by atoms with Gasteiger partial charge in [0.15, 0.2) is 0 Å². The first-order valence-corrected chi connectivity index (χ1v) is 9.32. The van der Waals surface area contributed by atoms with Gasteiger partial charge in [0, 0.05) is 13.2 Å². The third-order valence-corrected chi connectivity index (χ3v) is 4.94. The summed E-state index contributed by atoms with van der Waals surface area (Å²) in [5, 5.41) is 3.11. The van der Waals surface area contributed by atoms with Crippen LogP contribution in [-0.4, -0.2) is 38.8 Å². The summed E-state index contributed by atoms with van der Waals surface area (Å²) >= 11 is 9.12. The van der Waals surface area contributed by atoms with Gasteiger partial charge in [-0.3, -0.25) is 4.31 Å². The summed E-state index contributed by atoms with van der Waals surface area (Å²) < 4.78 is 30.8. The molecular formula is C13H14BrClN4O3S. The van der Waals surface area contributed by atoms with E-state index in [9.17, 15) is 8.42 Å². The van der Waals surface area contributed by atoms with E-state index in [2.05, 4.69) is 31.2 Å². The van der Waals surface area contributed by atoms with Gasteiger partial charge in [0.25, 0.3) is 0 Å². The minimum absolute atomic E-state index is 0.0663. The van der Waals surface area contributed by atoms with Gasteiger partial charge in [0.05, 0.1) is 23.5 Å². The highest BCUT2D eigenvalue weighted by Gasteiger charge is 2.21. The number of ether oxygens (including phenoxy) is 1. The molecule has 2 rings (SSSR count). The maximum atomic E-state index is 11.9. The van der Waals surface area contributed by atoms with Crippen LogP contribution in [0, 0.1) is 0 Å². The smallest absolute Gasteiger partial charge is 0.232 e. The predicted octanol–water partition coefficient (Wildman–Crippen LogP) is 3.04. The second kappa shape index (κ2) is 6.90. The standard InChI is InChI=1S/C13H14BrClN4O3S/c1-19(23(3,20)21)11-9(5-4-6-10(11)22-2)17-12-8(14)7-16-13(15)18-12/h4-7H,1-3H3,(H,16,17,18). The molecule has 0 aliphatic carbocycles. The van der Waals surface area contributed by atoms with E-state index < -0.39 is 10.0 Å². The van der Waals surface area contributed by atoms with E-state index in [0.717, 1.165) is 10.6 Å². The van der Waals surface area contributed by atoms with Crippen molar-refractivity contribution in [3.63, 3.8) is 0 Å². The fourth-order valence-corrected chi connectivity index (χ4v) is 2.78. The highest BCUT2D eigenvalue weighted by atomic mass is 79.9. The molecule has 0 spiro atoms. The van der Waals surface area contributed by atoms with Crippen molar-refractivity contribution in [2.75, 3.05) is 30.0 Å². The zero-order valence-corrected chi connectivity index (χ0v) is 15.7. The fraction of sp³-hybridized carbons (Fsp3) is 0.231. The zero-order valence-electron chi connectivity index (χ0n) is 12.5. The number of methoxy groups -OCH3 is 1. The molecule has 0 saturated heterocycles. The number of benzene rings is 1. The second-order valence-electron chi connectivity index (χ2n) is 4.55. The lowest BCUT2D eigenvalue weighted by atomic mass is 10.2. The van der Waals surface area contributed by atoms with Crippen LogP contribution in [0.4, 0.5) is 17.2 Å². The molecule has 0 atom stereocenters. The van der Waals surface area contributed by atoms with Gasteiger partial charge in [0.1, 0.15) is 17.3 Å². The van der Waals surface area contributed by atoms with Crippen molar-refractivity contribution in [3.8, 4) is 5.75 Å². The van der Waals surface area contributed by atoms with E-state index in [1.807, 2.05) is 0 Å². The van der Waals surface area contributed by atoms with Gasteiger partial charge in [-0.15, -0.1) is 0 Å². The fourth-order valence-electron chi connectivity index (χ4n) is 1.84. The molecule has 1 heterocycles. The van der Waals surface area contributed by atoms with Crippen LogP contribution in [0.3, 0.4) is 0 Å². The summed E-state index contributed by atoms with van der Waals surface area (Å²) in [7, 11) is -0.565. The molecule has 0 aliphatic rings. The van der Waals surface area contributed by atoms with Crippen LogP contribution >= 0.6 is 27.5 Å². The lowest BCUT2D eigenvalue weighted by molar-refractivity contribution is 0.416. The van der Waals surface area contributed by atoms with Crippen LogP contribution in [0.25, 0.3) is 0 Å². The van der Waals surface area contributed by atoms with E-state index in [0.29, 0.717) is 27.4 Å². The Morgan fingerprint density at radius 1 is 1.39 bits per heavy atom. The molecule has 0 amide bonds. The first-order chi connectivity index (χ1) is 10.7. The minimum Gasteiger partial charge on any atom is -0.494 e. The van der Waals surface area contributed by atoms with Crippen molar-refractivity contribution in [1.82, 2.24) is 9.97 Å². The summed E-state index contributed by atoms with van der Waals surface area (Å²) in [4.78, 5) is 7.92. The molecule has 1 aromatic heterocycles. The van der Waals surface area contributed by atoms with Crippen molar-refractivity contribution in [1.29, 1.82) is 0 Å². The molecule has 0 saturated carbocycles. The van der Waals surface area contributed by atoms with Crippen LogP contribution in [0.15, 0.2) is 28.9 Å². The summed E-state index contributed by atoms with van der Waals surface area (Å²) in [6.45, 7) is 0. The van der Waals surface area contributed by atoms with Crippen LogP contribution < -0.4 is 14.4 Å². The van der Waals surface area contributed by atoms with Crippen molar-refractivity contribution in [2.45, 2.75) is 0 Å². The SMILES string of the molecule is COc1cccc(Nc2nc(Cl)ncc2Br)c1N(C)S(C)(=O)=O. The average Bonchev–Trinajstić information content (AvgIpc) is 2.49. The molecule has 0 radical (unpaired) electrons. The largest absolute Gasteiger partial charge is 0.494 e. The van der Waals surface area contributed by atoms with Gasteiger partial charge < -0.3 is 10.1 Å². The minimum atomic E-state index is -3.48. The number of sulfonamides is 1. The molecule has 23 heavy (non-hydrogen) atoms. The Morgan fingerprint density at radius 2 is 2.09 bits per heavy atom. The highest BCUT2D eigenvalue weighted by molar-refractivity contribution is 9.10. The quantitative estimate of drug-likeness (QED) is 0.747. The highest BCUT2D eigenvalue weighted by Crippen LogP contribution is 2.38. The molecule has 0 unspecified atom stereocenters. The number of para-hydroxylation sites is 1. The van der Waals surface area contributed by atoms with Crippen molar-refractivity contribution < 1.29 is 13.2 Å². The van der Waals surface area contributed by atoms with Gasteiger partial charge in [-0.1, -0.05) is 6.07 Å². The first kappa shape index (κ1) is 17.8. The molecule has 10 heteroatoms. The van der Waals surface area contributed by atoms with E-state index >= 15 is 0 Å². The topological polar surface area (TPSA) is 84.4 Å². The lowest BCUT2D eigenvalue weighted by Crippen LogP contribution is -2.26. The third kappa shape index (κ3) is 4.04. The Kier molecular flexibility index (Phi) is 5.33. The third-order valence-electron chi connectivity index (χ3n) is 3.00. The number of rotatable bonds is 5. The van der Waals surface area contributed by atoms with Gasteiger partial charge >= 0.3 is 0 Å². The molecular weight excluding hydrogens is 408 g/mol. The number of nitrogens with zero attached hydrogens (tertiary/aromatic N) is 3. The van der Waals surface area contributed by atoms with Gasteiger partial charge in [0.2, 0.25) is 15.3 Å². The Labute approximate surface area is 147 Å². The van der Waals surface area contributed by atoms with E-state index in [1.54, 1.807) is 18.2 Å². The monoisotopic (exact) mass is 420 g/mol. The van der Waals surface area contributed by atoms with Crippen molar-refractivity contribution in [3.05, 3.63) is 34.2 Å². The molecule has 7 nitrogen and oxygen atoms in total. The summed E-state index contributed by atoms with van der Waals surface area (Å²) in [6.07, 6.45) is 2.61. The van der Waals surface area contributed by atoms with Crippen LogP contribution in [0.1, 0.15) is 0 Å². The van der Waals surface area contributed by atoms with E-state index in [4.69, 9.17) is 16.3 Å². The van der Waals surface area contributed by atoms with Crippen LogP contribution in [-0.2, 0) is 10.0 Å². The number of nitrogens with one attached hydrogen (secondary N) is 1. The number of hydrogen-bond donors (Lipinski definition) is 1. The number of halogens is 2. The number of aromatic nitrogens is 2. The first-order valence-electron chi connectivity index (χ1n) is 6.30. The Morgan fingerprint density at radius 3 is 2.70 bits per heavy atom. The maximum Gasteiger partial charge on any atom is 0.232 e. The summed E-state index contributed by atoms with van der Waals surface area (Å²) in [5.74, 6) is 0.806. The molecule has 0 bridgehead atoms. The van der Waals surface area contributed by atoms with Crippen molar-refractivity contribution in [2.24, 2.45) is 0 Å². The van der Waals surface area contributed by atoms with Crippen molar-refractivity contribution >= 4 is 54.7 Å². The van der Waals surface area contributed by atoms with Crippen LogP contribution in [0.2, 0.25) is 5.28 Å². The van der Waals surface area contributed by atoms with E-state index in [1.165, 1.54) is 20.4 Å². The molecule has 124 valence electrons. The molecule has 0 aliphatic heterocycles. The van der Waals surface area contributed by atoms with E-state index in [-0.39, 0.29) is 5.28 Å². The number of anilines is 3. The zero-order chi connectivity index (χ0) is 17.2. The Bertz CT molecular complexity index is 832. The Balaban J connectivity index is 2.56. The van der Waals surface area contributed by atoms with Gasteiger partial charge in [-0.25, -0.2) is 13.4 Å². The average molecular weight is 422 g/mol. The second-order valence-corrected chi connectivity index (χ2v) is 7.75. The molecule has 1 N–H and O–H groups in total. The molecule has 1 aromatic carbocycles. The van der Waals surface area contributed by atoms with Gasteiger partial charge in [-0.05, 0) is 39.7 Å². The lowest BCUT2D eigenvalue weighted by Gasteiger charge is -2.23. The molecule has 0 fully saturated rings. The van der Waals surface area contributed by atoms with Crippen LogP contribution in [0.5, 0.6) is 5.75 Å².